The Morgan fingerprint density at radius 2 is 1.58 bits per heavy atom. The molecule has 1 atom stereocenters. The minimum Gasteiger partial charge on any atom is -0.397 e. The first-order valence-corrected chi connectivity index (χ1v) is 7.88. The second-order valence-electron chi connectivity index (χ2n) is 5.45. The first-order valence-electron chi connectivity index (χ1n) is 6.44. The smallest absolute Gasteiger partial charge is 0.245 e. The van der Waals surface area contributed by atoms with Gasteiger partial charge < -0.3 is 5.73 Å². The molecule has 1 unspecified atom stereocenters. The van der Waals surface area contributed by atoms with Crippen LogP contribution in [-0.2, 0) is 10.0 Å². The molecule has 0 fully saturated rings. The molecule has 0 aliphatic heterocycles. The molecule has 4 nitrogen and oxygen atoms in total. The number of rotatable bonds is 4. The number of hydrogen-bond acceptors (Lipinski definition) is 3. The molecular formula is C14H24N2O2S. The number of nitrogens with two attached hydrogens (primary N) is 1. The number of hydrogen-bond donors (Lipinski definition) is 1. The van der Waals surface area contributed by atoms with E-state index in [4.69, 9.17) is 5.73 Å². The summed E-state index contributed by atoms with van der Waals surface area (Å²) >= 11 is 0. The van der Waals surface area contributed by atoms with Crippen molar-refractivity contribution in [2.75, 3.05) is 12.8 Å². The molecule has 0 saturated heterocycles. The van der Waals surface area contributed by atoms with E-state index in [2.05, 4.69) is 0 Å². The van der Waals surface area contributed by atoms with Crippen LogP contribution < -0.4 is 5.73 Å². The van der Waals surface area contributed by atoms with E-state index in [1.165, 1.54) is 4.31 Å². The second-order valence-corrected chi connectivity index (χ2v) is 7.38. The summed E-state index contributed by atoms with van der Waals surface area (Å²) in [5, 5.41) is 0. The monoisotopic (exact) mass is 284 g/mol. The minimum atomic E-state index is -3.56. The summed E-state index contributed by atoms with van der Waals surface area (Å²) in [4.78, 5) is 0.238. The molecule has 1 rings (SSSR count). The van der Waals surface area contributed by atoms with Gasteiger partial charge in [-0.25, -0.2) is 8.42 Å². The average molecular weight is 284 g/mol. The van der Waals surface area contributed by atoms with Crippen LogP contribution in [0, 0.1) is 19.8 Å². The summed E-state index contributed by atoms with van der Waals surface area (Å²) < 4.78 is 26.8. The highest BCUT2D eigenvalue weighted by Crippen LogP contribution is 2.29. The Hall–Kier alpha value is -1.07. The van der Waals surface area contributed by atoms with E-state index in [0.29, 0.717) is 11.3 Å². The van der Waals surface area contributed by atoms with Gasteiger partial charge in [0, 0.05) is 13.1 Å². The topological polar surface area (TPSA) is 63.4 Å². The third-order valence-electron chi connectivity index (χ3n) is 3.79. The van der Waals surface area contributed by atoms with Crippen LogP contribution in [0.2, 0.25) is 0 Å². The van der Waals surface area contributed by atoms with Gasteiger partial charge in [-0.15, -0.1) is 0 Å². The van der Waals surface area contributed by atoms with Crippen LogP contribution in [0.3, 0.4) is 0 Å². The van der Waals surface area contributed by atoms with Crippen LogP contribution in [0.25, 0.3) is 0 Å². The quantitative estimate of drug-likeness (QED) is 0.864. The summed E-state index contributed by atoms with van der Waals surface area (Å²) in [6.45, 7) is 9.51. The van der Waals surface area contributed by atoms with Crippen molar-refractivity contribution in [1.82, 2.24) is 4.31 Å². The molecule has 0 heterocycles. The number of sulfonamides is 1. The van der Waals surface area contributed by atoms with Crippen LogP contribution in [0.4, 0.5) is 5.69 Å². The molecule has 5 heteroatoms. The lowest BCUT2D eigenvalue weighted by Gasteiger charge is -2.28. The molecule has 0 aromatic heterocycles. The van der Waals surface area contributed by atoms with E-state index in [9.17, 15) is 8.42 Å². The molecule has 0 radical (unpaired) electrons. The van der Waals surface area contributed by atoms with Gasteiger partial charge >= 0.3 is 0 Å². The highest BCUT2D eigenvalue weighted by atomic mass is 32.2. The van der Waals surface area contributed by atoms with E-state index in [1.807, 2.05) is 33.8 Å². The number of aryl methyl sites for hydroxylation is 2. The van der Waals surface area contributed by atoms with Gasteiger partial charge in [0.15, 0.2) is 0 Å². The molecule has 1 aromatic carbocycles. The van der Waals surface area contributed by atoms with Gasteiger partial charge in [0.2, 0.25) is 10.0 Å². The van der Waals surface area contributed by atoms with Crippen LogP contribution in [-0.4, -0.2) is 25.8 Å². The van der Waals surface area contributed by atoms with Crippen molar-refractivity contribution in [2.24, 2.45) is 5.92 Å². The maximum absolute atomic E-state index is 12.7. The molecule has 0 aliphatic rings. The van der Waals surface area contributed by atoms with Crippen LogP contribution in [0.5, 0.6) is 0 Å². The van der Waals surface area contributed by atoms with Gasteiger partial charge in [-0.1, -0.05) is 26.0 Å². The zero-order valence-electron chi connectivity index (χ0n) is 12.6. The van der Waals surface area contributed by atoms with Crippen molar-refractivity contribution in [3.63, 3.8) is 0 Å². The first-order chi connectivity index (χ1) is 8.60. The Kier molecular flexibility index (Phi) is 4.63. The predicted molar refractivity (Wildman–Crippen MR) is 79.6 cm³/mol. The first kappa shape index (κ1) is 16.0. The van der Waals surface area contributed by atoms with Crippen molar-refractivity contribution in [3.8, 4) is 0 Å². The van der Waals surface area contributed by atoms with Crippen molar-refractivity contribution in [2.45, 2.75) is 45.6 Å². The molecule has 0 saturated carbocycles. The van der Waals surface area contributed by atoms with Gasteiger partial charge in [-0.05, 0) is 37.8 Å². The van der Waals surface area contributed by atoms with E-state index in [0.717, 1.165) is 5.56 Å². The van der Waals surface area contributed by atoms with Crippen LogP contribution >= 0.6 is 0 Å². The zero-order valence-corrected chi connectivity index (χ0v) is 13.4. The van der Waals surface area contributed by atoms with E-state index in [-0.39, 0.29) is 16.9 Å². The van der Waals surface area contributed by atoms with Gasteiger partial charge in [-0.3, -0.25) is 0 Å². The Morgan fingerprint density at radius 1 is 1.11 bits per heavy atom. The average Bonchev–Trinajstić information content (AvgIpc) is 2.32. The molecule has 0 amide bonds. The third kappa shape index (κ3) is 2.92. The fourth-order valence-electron chi connectivity index (χ4n) is 1.93. The summed E-state index contributed by atoms with van der Waals surface area (Å²) in [5.74, 6) is 0.242. The van der Waals surface area contributed by atoms with Gasteiger partial charge in [0.25, 0.3) is 0 Å². The molecular weight excluding hydrogens is 260 g/mol. The Bertz CT molecular complexity index is 565. The Morgan fingerprint density at radius 3 is 2.05 bits per heavy atom. The largest absolute Gasteiger partial charge is 0.397 e. The molecule has 19 heavy (non-hydrogen) atoms. The molecule has 0 bridgehead atoms. The van der Waals surface area contributed by atoms with Crippen LogP contribution in [0.15, 0.2) is 17.0 Å². The van der Waals surface area contributed by atoms with Crippen LogP contribution in [0.1, 0.15) is 31.9 Å². The highest BCUT2D eigenvalue weighted by Gasteiger charge is 2.30. The van der Waals surface area contributed by atoms with Crippen molar-refractivity contribution in [1.29, 1.82) is 0 Å². The SMILES string of the molecule is Cc1ccc(C)c(S(=O)(=O)N(C)C(C)C(C)C)c1N. The normalized spacial score (nSPS) is 14.1. The number of nitrogens with zero attached hydrogens (tertiary/aromatic N) is 1. The van der Waals surface area contributed by atoms with Crippen molar-refractivity contribution >= 4 is 15.7 Å². The summed E-state index contributed by atoms with van der Waals surface area (Å²) in [5.41, 5.74) is 7.80. The van der Waals surface area contributed by atoms with Gasteiger partial charge in [-0.2, -0.15) is 4.31 Å². The predicted octanol–water partition coefficient (Wildman–Crippen LogP) is 2.55. The lowest BCUT2D eigenvalue weighted by atomic mass is 10.1. The number of anilines is 1. The fourth-order valence-corrected chi connectivity index (χ4v) is 3.82. The van der Waals surface area contributed by atoms with Crippen molar-refractivity contribution < 1.29 is 8.42 Å². The maximum atomic E-state index is 12.7. The standard InChI is InChI=1S/C14H24N2O2S/c1-9(2)12(5)16(6)19(17,18)14-11(4)8-7-10(3)13(14)15/h7-9,12H,15H2,1-6H3. The molecule has 108 valence electrons. The Labute approximate surface area is 116 Å². The van der Waals surface area contributed by atoms with E-state index in [1.54, 1.807) is 20.0 Å². The van der Waals surface area contributed by atoms with E-state index < -0.39 is 10.0 Å². The third-order valence-corrected chi connectivity index (χ3v) is 5.93. The minimum absolute atomic E-state index is 0.0793. The lowest BCUT2D eigenvalue weighted by molar-refractivity contribution is 0.316. The number of benzene rings is 1. The zero-order chi connectivity index (χ0) is 15.0. The molecule has 2 N–H and O–H groups in total. The number of nitrogen functional groups attached to an aromatic ring is 1. The molecule has 1 aromatic rings. The van der Waals surface area contributed by atoms with Gasteiger partial charge in [0.1, 0.15) is 4.90 Å². The molecule has 0 aliphatic carbocycles. The van der Waals surface area contributed by atoms with Gasteiger partial charge in [0.05, 0.1) is 5.69 Å². The van der Waals surface area contributed by atoms with E-state index >= 15 is 0 Å². The summed E-state index contributed by atoms with van der Waals surface area (Å²) in [6, 6.07) is 3.56. The second kappa shape index (κ2) is 5.51. The van der Waals surface area contributed by atoms with Crippen molar-refractivity contribution in [3.05, 3.63) is 23.3 Å². The summed E-state index contributed by atoms with van der Waals surface area (Å²) in [6.07, 6.45) is 0. The molecule has 0 spiro atoms. The fraction of sp³-hybridized carbons (Fsp3) is 0.571. The highest BCUT2D eigenvalue weighted by molar-refractivity contribution is 7.89. The summed E-state index contributed by atoms with van der Waals surface area (Å²) in [7, 11) is -1.95. The maximum Gasteiger partial charge on any atom is 0.245 e. The lowest BCUT2D eigenvalue weighted by Crippen LogP contribution is -2.38. The Balaban J connectivity index is 3.40.